The van der Waals surface area contributed by atoms with E-state index in [1.165, 1.54) is 5.56 Å². The minimum atomic E-state index is 0.0108. The Balaban J connectivity index is 1.75. The lowest BCUT2D eigenvalue weighted by Crippen LogP contribution is -2.40. The van der Waals surface area contributed by atoms with Crippen molar-refractivity contribution >= 4 is 6.03 Å². The second kappa shape index (κ2) is 7.12. The summed E-state index contributed by atoms with van der Waals surface area (Å²) in [5, 5.41) is 3.21. The highest BCUT2D eigenvalue weighted by Crippen LogP contribution is 2.19. The highest BCUT2D eigenvalue weighted by atomic mass is 16.2. The van der Waals surface area contributed by atoms with Crippen molar-refractivity contribution in [3.63, 3.8) is 0 Å². The Morgan fingerprint density at radius 2 is 1.55 bits per heavy atom. The third-order valence-electron chi connectivity index (χ3n) is 4.18. The van der Waals surface area contributed by atoms with E-state index in [0.717, 1.165) is 37.9 Å². The lowest BCUT2D eigenvalue weighted by molar-refractivity contribution is 0.204. The Labute approximate surface area is 132 Å². The van der Waals surface area contributed by atoms with E-state index in [4.69, 9.17) is 0 Å². The van der Waals surface area contributed by atoms with Crippen molar-refractivity contribution in [2.75, 3.05) is 13.1 Å². The normalized spacial score (nSPS) is 15.5. The Kier molecular flexibility index (Phi) is 4.74. The summed E-state index contributed by atoms with van der Waals surface area (Å²) in [5.41, 5.74) is 2.39. The topological polar surface area (TPSA) is 32.3 Å². The molecule has 3 nitrogen and oxygen atoms in total. The average Bonchev–Trinajstić information content (AvgIpc) is 3.11. The van der Waals surface area contributed by atoms with Gasteiger partial charge in [-0.05, 0) is 30.4 Å². The van der Waals surface area contributed by atoms with Gasteiger partial charge in [0.15, 0.2) is 0 Å². The lowest BCUT2D eigenvalue weighted by Gasteiger charge is -2.23. The molecule has 1 saturated heterocycles. The third kappa shape index (κ3) is 3.67. The molecular weight excluding hydrogens is 272 g/mol. The average molecular weight is 294 g/mol. The molecule has 1 unspecified atom stereocenters. The Morgan fingerprint density at radius 1 is 0.955 bits per heavy atom. The molecule has 22 heavy (non-hydrogen) atoms. The first-order chi connectivity index (χ1) is 10.8. The molecule has 1 aliphatic rings. The van der Waals surface area contributed by atoms with Gasteiger partial charge in [-0.1, -0.05) is 60.7 Å². The van der Waals surface area contributed by atoms with Crippen LogP contribution in [0.15, 0.2) is 60.7 Å². The fraction of sp³-hybridized carbons (Fsp3) is 0.316. The maximum Gasteiger partial charge on any atom is 0.317 e. The first-order valence-corrected chi connectivity index (χ1v) is 7.97. The monoisotopic (exact) mass is 294 g/mol. The standard InChI is InChI=1S/C19H22N2O/c22-19(21-13-7-8-14-21)20-18(17-11-5-2-6-12-17)15-16-9-3-1-4-10-16/h1-6,9-12,18H,7-8,13-15H2,(H,20,22). The molecule has 0 bridgehead atoms. The summed E-state index contributed by atoms with van der Waals surface area (Å²) in [4.78, 5) is 14.4. The van der Waals surface area contributed by atoms with Gasteiger partial charge in [-0.15, -0.1) is 0 Å². The number of nitrogens with zero attached hydrogens (tertiary/aromatic N) is 1. The van der Waals surface area contributed by atoms with Crippen molar-refractivity contribution in [1.29, 1.82) is 0 Å². The molecular formula is C19H22N2O. The number of carbonyl (C=O) groups excluding carboxylic acids is 1. The molecule has 3 rings (SSSR count). The molecule has 0 aliphatic carbocycles. The van der Waals surface area contributed by atoms with Gasteiger partial charge in [0, 0.05) is 13.1 Å². The number of amides is 2. The number of hydrogen-bond acceptors (Lipinski definition) is 1. The zero-order chi connectivity index (χ0) is 15.2. The number of likely N-dealkylation sites (tertiary alicyclic amines) is 1. The van der Waals surface area contributed by atoms with Gasteiger partial charge in [0.25, 0.3) is 0 Å². The molecule has 1 fully saturated rings. The van der Waals surface area contributed by atoms with E-state index in [2.05, 4.69) is 29.6 Å². The van der Waals surface area contributed by atoms with E-state index in [1.807, 2.05) is 41.3 Å². The van der Waals surface area contributed by atoms with E-state index in [-0.39, 0.29) is 12.1 Å². The summed E-state index contributed by atoms with van der Waals surface area (Å²) < 4.78 is 0. The second-order valence-corrected chi connectivity index (χ2v) is 5.80. The van der Waals surface area contributed by atoms with Crippen LogP contribution < -0.4 is 5.32 Å². The van der Waals surface area contributed by atoms with Gasteiger partial charge in [-0.2, -0.15) is 0 Å². The van der Waals surface area contributed by atoms with Crippen LogP contribution in [0.25, 0.3) is 0 Å². The smallest absolute Gasteiger partial charge is 0.317 e. The molecule has 1 N–H and O–H groups in total. The van der Waals surface area contributed by atoms with Crippen LogP contribution in [0.3, 0.4) is 0 Å². The van der Waals surface area contributed by atoms with Gasteiger partial charge in [-0.3, -0.25) is 0 Å². The number of hydrogen-bond donors (Lipinski definition) is 1. The number of benzene rings is 2. The SMILES string of the molecule is O=C(NC(Cc1ccccc1)c1ccccc1)N1CCCC1. The first-order valence-electron chi connectivity index (χ1n) is 7.97. The van der Waals surface area contributed by atoms with Crippen molar-refractivity contribution in [2.45, 2.75) is 25.3 Å². The molecule has 2 aromatic carbocycles. The molecule has 2 amide bonds. The number of rotatable bonds is 4. The molecule has 0 spiro atoms. The Morgan fingerprint density at radius 3 is 2.18 bits per heavy atom. The second-order valence-electron chi connectivity index (χ2n) is 5.80. The van der Waals surface area contributed by atoms with Gasteiger partial charge in [0.05, 0.1) is 6.04 Å². The molecule has 3 heteroatoms. The van der Waals surface area contributed by atoms with Gasteiger partial charge >= 0.3 is 6.03 Å². The minimum Gasteiger partial charge on any atom is -0.331 e. The van der Waals surface area contributed by atoms with Crippen molar-refractivity contribution in [1.82, 2.24) is 10.2 Å². The summed E-state index contributed by atoms with van der Waals surface area (Å²) in [7, 11) is 0. The van der Waals surface area contributed by atoms with Crippen LogP contribution in [0, 0.1) is 0 Å². The molecule has 114 valence electrons. The van der Waals surface area contributed by atoms with Crippen LogP contribution in [0.1, 0.15) is 30.0 Å². The van der Waals surface area contributed by atoms with E-state index in [9.17, 15) is 4.79 Å². The predicted molar refractivity (Wildman–Crippen MR) is 88.7 cm³/mol. The lowest BCUT2D eigenvalue weighted by atomic mass is 9.99. The number of nitrogens with one attached hydrogen (secondary N) is 1. The zero-order valence-corrected chi connectivity index (χ0v) is 12.7. The highest BCUT2D eigenvalue weighted by molar-refractivity contribution is 5.75. The molecule has 0 saturated carbocycles. The highest BCUT2D eigenvalue weighted by Gasteiger charge is 2.21. The minimum absolute atomic E-state index is 0.0108. The molecule has 0 radical (unpaired) electrons. The molecule has 1 heterocycles. The van der Waals surface area contributed by atoms with Crippen LogP contribution in [0.2, 0.25) is 0 Å². The van der Waals surface area contributed by atoms with Crippen molar-refractivity contribution < 1.29 is 4.79 Å². The van der Waals surface area contributed by atoms with E-state index in [0.29, 0.717) is 0 Å². The van der Waals surface area contributed by atoms with Crippen molar-refractivity contribution in [2.24, 2.45) is 0 Å². The third-order valence-corrected chi connectivity index (χ3v) is 4.18. The fourth-order valence-corrected chi connectivity index (χ4v) is 2.95. The maximum absolute atomic E-state index is 12.4. The predicted octanol–water partition coefficient (Wildman–Crippen LogP) is 3.78. The quantitative estimate of drug-likeness (QED) is 0.914. The van der Waals surface area contributed by atoms with E-state index < -0.39 is 0 Å². The largest absolute Gasteiger partial charge is 0.331 e. The summed E-state index contributed by atoms with van der Waals surface area (Å²) in [6.07, 6.45) is 3.04. The summed E-state index contributed by atoms with van der Waals surface area (Å²) >= 11 is 0. The summed E-state index contributed by atoms with van der Waals surface area (Å²) in [5.74, 6) is 0. The molecule has 1 aliphatic heterocycles. The maximum atomic E-state index is 12.4. The Hall–Kier alpha value is -2.29. The van der Waals surface area contributed by atoms with Crippen LogP contribution in [0.5, 0.6) is 0 Å². The molecule has 0 aromatic heterocycles. The van der Waals surface area contributed by atoms with Gasteiger partial charge < -0.3 is 10.2 Å². The fourth-order valence-electron chi connectivity index (χ4n) is 2.95. The molecule has 1 atom stereocenters. The van der Waals surface area contributed by atoms with E-state index >= 15 is 0 Å². The van der Waals surface area contributed by atoms with Crippen molar-refractivity contribution in [3.05, 3.63) is 71.8 Å². The van der Waals surface area contributed by atoms with Crippen LogP contribution in [-0.4, -0.2) is 24.0 Å². The molecule has 2 aromatic rings. The Bertz CT molecular complexity index is 591. The summed E-state index contributed by atoms with van der Waals surface area (Å²) in [6.45, 7) is 1.75. The van der Waals surface area contributed by atoms with Crippen LogP contribution in [-0.2, 0) is 6.42 Å². The first kappa shape index (κ1) is 14.6. The zero-order valence-electron chi connectivity index (χ0n) is 12.7. The number of urea groups is 1. The summed E-state index contributed by atoms with van der Waals surface area (Å²) in [6, 6.07) is 20.6. The van der Waals surface area contributed by atoms with Crippen molar-refractivity contribution in [3.8, 4) is 0 Å². The van der Waals surface area contributed by atoms with Gasteiger partial charge in [-0.25, -0.2) is 4.79 Å². The number of carbonyl (C=O) groups is 1. The van der Waals surface area contributed by atoms with Gasteiger partial charge in [0.2, 0.25) is 0 Å². The van der Waals surface area contributed by atoms with Crippen LogP contribution >= 0.6 is 0 Å². The van der Waals surface area contributed by atoms with Crippen LogP contribution in [0.4, 0.5) is 4.79 Å². The van der Waals surface area contributed by atoms with Gasteiger partial charge in [0.1, 0.15) is 0 Å². The van der Waals surface area contributed by atoms with E-state index in [1.54, 1.807) is 0 Å².